The lowest BCUT2D eigenvalue weighted by Crippen LogP contribution is -2.13. The first-order valence-corrected chi connectivity index (χ1v) is 8.77. The van der Waals surface area contributed by atoms with Crippen LogP contribution in [-0.4, -0.2) is 15.9 Å². The van der Waals surface area contributed by atoms with Crippen LogP contribution in [0.25, 0.3) is 16.6 Å². The van der Waals surface area contributed by atoms with Crippen LogP contribution < -0.4 is 0 Å². The lowest BCUT2D eigenvalue weighted by atomic mass is 9.86. The Bertz CT molecular complexity index is 989. The fraction of sp³-hybridized carbons (Fsp3) is 0.100. The lowest BCUT2D eigenvalue weighted by molar-refractivity contribution is 0.102. The van der Waals surface area contributed by atoms with E-state index >= 15 is 0 Å². The van der Waals surface area contributed by atoms with Crippen molar-refractivity contribution in [2.24, 2.45) is 0 Å². The fourth-order valence-corrected chi connectivity index (χ4v) is 3.74. The van der Waals surface area contributed by atoms with Crippen LogP contribution in [0.2, 0.25) is 0 Å². The van der Waals surface area contributed by atoms with Crippen molar-refractivity contribution < 1.29 is 14.3 Å². The first-order chi connectivity index (χ1) is 12.1. The number of phenolic OH excluding ortho intramolecular Hbond substituents is 1. The average molecular weight is 351 g/mol. The van der Waals surface area contributed by atoms with Gasteiger partial charge in [0.15, 0.2) is 5.78 Å². The van der Waals surface area contributed by atoms with E-state index in [1.54, 1.807) is 24.3 Å². The number of hydrogen-bond acceptors (Lipinski definition) is 4. The number of ketones is 1. The summed E-state index contributed by atoms with van der Waals surface area (Å²) in [5.74, 6) is -0.111. The molecule has 0 aliphatic heterocycles. The molecule has 4 rings (SSSR count). The first-order valence-electron chi connectivity index (χ1n) is 7.89. The third-order valence-corrected chi connectivity index (χ3v) is 5.13. The predicted molar refractivity (Wildman–Crippen MR) is 96.2 cm³/mol. The number of halogens is 1. The molecule has 0 saturated heterocycles. The van der Waals surface area contributed by atoms with Gasteiger partial charge in [-0.25, -0.2) is 9.37 Å². The summed E-state index contributed by atoms with van der Waals surface area (Å²) in [5.41, 5.74) is 3.83. The molecule has 0 unspecified atom stereocenters. The van der Waals surface area contributed by atoms with Crippen LogP contribution in [-0.2, 0) is 6.42 Å². The fourth-order valence-electron chi connectivity index (χ4n) is 2.96. The number of fused-ring (bicyclic) bond motifs is 1. The van der Waals surface area contributed by atoms with Gasteiger partial charge in [-0.15, -0.1) is 11.3 Å². The highest BCUT2D eigenvalue weighted by Gasteiger charge is 2.22. The molecule has 0 bridgehead atoms. The molecule has 0 saturated carbocycles. The zero-order valence-corrected chi connectivity index (χ0v) is 14.0. The Balaban J connectivity index is 1.62. The van der Waals surface area contributed by atoms with Crippen LogP contribution in [0.4, 0.5) is 4.39 Å². The van der Waals surface area contributed by atoms with Gasteiger partial charge in [0.05, 0.1) is 5.69 Å². The molecular formula is C20H14FNO2S. The standard InChI is InChI=1S/C20H14FNO2S/c21-15-5-3-12(4-6-15)20-22-16(11-25-20)9-14-2-1-13-10-17(23)7-8-18(13)19(14)24/h3-11,23H,1-2H2/b14-9-. The van der Waals surface area contributed by atoms with Crippen molar-refractivity contribution >= 4 is 23.2 Å². The van der Waals surface area contributed by atoms with Crippen molar-refractivity contribution in [3.05, 3.63) is 76.1 Å². The van der Waals surface area contributed by atoms with Gasteiger partial charge in [0.1, 0.15) is 16.6 Å². The number of carbonyl (C=O) groups excluding carboxylic acids is 1. The Morgan fingerprint density at radius 2 is 1.92 bits per heavy atom. The van der Waals surface area contributed by atoms with Crippen LogP contribution in [0.5, 0.6) is 5.75 Å². The van der Waals surface area contributed by atoms with Gasteiger partial charge < -0.3 is 5.11 Å². The molecule has 1 N–H and O–H groups in total. The number of phenols is 1. The van der Waals surface area contributed by atoms with E-state index in [4.69, 9.17) is 0 Å². The number of aromatic hydroxyl groups is 1. The Morgan fingerprint density at radius 1 is 1.12 bits per heavy atom. The second kappa shape index (κ2) is 6.26. The highest BCUT2D eigenvalue weighted by molar-refractivity contribution is 7.13. The smallest absolute Gasteiger partial charge is 0.189 e. The van der Waals surface area contributed by atoms with E-state index in [2.05, 4.69) is 4.98 Å². The van der Waals surface area contributed by atoms with Crippen molar-refractivity contribution in [2.45, 2.75) is 12.8 Å². The summed E-state index contributed by atoms with van der Waals surface area (Å²) in [7, 11) is 0. The van der Waals surface area contributed by atoms with Crippen molar-refractivity contribution in [1.82, 2.24) is 4.98 Å². The molecule has 1 aliphatic rings. The molecule has 1 aromatic heterocycles. The monoisotopic (exact) mass is 351 g/mol. The zero-order valence-electron chi connectivity index (χ0n) is 13.2. The van der Waals surface area contributed by atoms with Crippen LogP contribution in [0, 0.1) is 5.82 Å². The van der Waals surface area contributed by atoms with Crippen LogP contribution in [0.3, 0.4) is 0 Å². The number of nitrogens with zero attached hydrogens (tertiary/aromatic N) is 1. The van der Waals surface area contributed by atoms with E-state index < -0.39 is 0 Å². The SMILES string of the molecule is O=C1/C(=C\c2csc(-c3ccc(F)cc3)n2)CCc2cc(O)ccc21. The van der Waals surface area contributed by atoms with E-state index in [0.717, 1.165) is 28.2 Å². The summed E-state index contributed by atoms with van der Waals surface area (Å²) in [6.07, 6.45) is 3.16. The number of thiazole rings is 1. The minimum Gasteiger partial charge on any atom is -0.508 e. The molecule has 3 nitrogen and oxygen atoms in total. The highest BCUT2D eigenvalue weighted by Crippen LogP contribution is 2.30. The van der Waals surface area contributed by atoms with Crippen molar-refractivity contribution in [1.29, 1.82) is 0 Å². The summed E-state index contributed by atoms with van der Waals surface area (Å²) in [6, 6.07) is 11.1. The number of allylic oxidation sites excluding steroid dienone is 1. The molecule has 1 aliphatic carbocycles. The zero-order chi connectivity index (χ0) is 17.4. The second-order valence-electron chi connectivity index (χ2n) is 5.92. The molecule has 3 aromatic rings. The summed E-state index contributed by atoms with van der Waals surface area (Å²) in [5, 5.41) is 12.2. The van der Waals surface area contributed by atoms with Crippen LogP contribution >= 0.6 is 11.3 Å². The van der Waals surface area contributed by atoms with E-state index in [-0.39, 0.29) is 17.3 Å². The minimum absolute atomic E-state index is 0.0161. The molecule has 0 spiro atoms. The number of carbonyl (C=O) groups is 1. The van der Waals surface area contributed by atoms with E-state index in [0.29, 0.717) is 17.6 Å². The van der Waals surface area contributed by atoms with Gasteiger partial charge in [0, 0.05) is 22.1 Å². The van der Waals surface area contributed by atoms with Crippen LogP contribution in [0.15, 0.2) is 53.4 Å². The molecule has 2 aromatic carbocycles. The van der Waals surface area contributed by atoms with E-state index in [1.807, 2.05) is 11.5 Å². The number of benzene rings is 2. The van der Waals surface area contributed by atoms with Crippen LogP contribution in [0.1, 0.15) is 28.0 Å². The largest absolute Gasteiger partial charge is 0.508 e. The maximum Gasteiger partial charge on any atom is 0.189 e. The van der Waals surface area contributed by atoms with E-state index in [1.165, 1.54) is 29.5 Å². The van der Waals surface area contributed by atoms with E-state index in [9.17, 15) is 14.3 Å². The van der Waals surface area contributed by atoms with Crippen molar-refractivity contribution in [2.75, 3.05) is 0 Å². The Hall–Kier alpha value is -2.79. The Morgan fingerprint density at radius 3 is 2.72 bits per heavy atom. The average Bonchev–Trinajstić information content (AvgIpc) is 3.06. The maximum atomic E-state index is 13.0. The number of aromatic nitrogens is 1. The first kappa shape index (κ1) is 15.7. The Labute approximate surface area is 148 Å². The summed E-state index contributed by atoms with van der Waals surface area (Å²) >= 11 is 1.46. The highest BCUT2D eigenvalue weighted by atomic mass is 32.1. The molecule has 25 heavy (non-hydrogen) atoms. The van der Waals surface area contributed by atoms with Gasteiger partial charge in [-0.2, -0.15) is 0 Å². The number of hydrogen-bond donors (Lipinski definition) is 1. The second-order valence-corrected chi connectivity index (χ2v) is 6.78. The number of rotatable bonds is 2. The summed E-state index contributed by atoms with van der Waals surface area (Å²) in [4.78, 5) is 17.2. The lowest BCUT2D eigenvalue weighted by Gasteiger charge is -2.17. The molecule has 0 atom stereocenters. The van der Waals surface area contributed by atoms with Gasteiger partial charge in [0.25, 0.3) is 0 Å². The van der Waals surface area contributed by atoms with Gasteiger partial charge in [0.2, 0.25) is 0 Å². The Kier molecular flexibility index (Phi) is 3.93. The van der Waals surface area contributed by atoms with Crippen molar-refractivity contribution in [3.63, 3.8) is 0 Å². The predicted octanol–water partition coefficient (Wildman–Crippen LogP) is 4.87. The number of Topliss-reactive ketones (excluding diaryl/α,β-unsaturated/α-hetero) is 1. The third-order valence-electron chi connectivity index (χ3n) is 4.22. The minimum atomic E-state index is -0.278. The maximum absolute atomic E-state index is 13.0. The molecule has 0 radical (unpaired) electrons. The van der Waals surface area contributed by atoms with Gasteiger partial charge in [-0.3, -0.25) is 4.79 Å². The summed E-state index contributed by atoms with van der Waals surface area (Å²) < 4.78 is 13.0. The van der Waals surface area contributed by atoms with Gasteiger partial charge >= 0.3 is 0 Å². The normalized spacial score (nSPS) is 15.4. The van der Waals surface area contributed by atoms with Gasteiger partial charge in [-0.05, 0) is 66.9 Å². The molecular weight excluding hydrogens is 337 g/mol. The molecule has 1 heterocycles. The van der Waals surface area contributed by atoms with Crippen molar-refractivity contribution in [3.8, 4) is 16.3 Å². The number of aryl methyl sites for hydroxylation is 1. The molecule has 0 fully saturated rings. The summed E-state index contributed by atoms with van der Waals surface area (Å²) in [6.45, 7) is 0. The quantitative estimate of drug-likeness (QED) is 0.670. The molecule has 124 valence electrons. The topological polar surface area (TPSA) is 50.2 Å². The third kappa shape index (κ3) is 3.10. The molecule has 0 amide bonds. The molecule has 5 heteroatoms. The van der Waals surface area contributed by atoms with Gasteiger partial charge in [-0.1, -0.05) is 0 Å².